The molecule has 0 bridgehead atoms. The molecule has 3 aliphatic rings. The number of hydrogen-bond acceptors (Lipinski definition) is 6. The number of likely N-dealkylation sites (tertiary alicyclic amines) is 1. The first-order valence-electron chi connectivity index (χ1n) is 12.0. The Morgan fingerprint density at radius 2 is 1.59 bits per heavy atom. The molecule has 2 aromatic rings. The van der Waals surface area contributed by atoms with Gasteiger partial charge in [-0.3, -0.25) is 9.69 Å². The first kappa shape index (κ1) is 21.9. The fraction of sp³-hybridized carbons (Fsp3) is 0.652. The molecule has 2 aliphatic heterocycles. The van der Waals surface area contributed by atoms with Gasteiger partial charge in [-0.25, -0.2) is 8.42 Å². The lowest BCUT2D eigenvalue weighted by atomic mass is 9.94. The Labute approximate surface area is 189 Å². The number of fused-ring (bicyclic) bond motifs is 1. The van der Waals surface area contributed by atoms with Gasteiger partial charge in [0.15, 0.2) is 11.3 Å². The highest BCUT2D eigenvalue weighted by atomic mass is 32.2. The number of aromatic nitrogens is 1. The van der Waals surface area contributed by atoms with Crippen molar-refractivity contribution in [3.63, 3.8) is 0 Å². The summed E-state index contributed by atoms with van der Waals surface area (Å²) < 4.78 is 33.7. The lowest BCUT2D eigenvalue weighted by Crippen LogP contribution is -2.52. The maximum absolute atomic E-state index is 13.4. The molecule has 1 aromatic carbocycles. The topological polar surface area (TPSA) is 87.0 Å². The Bertz CT molecular complexity index is 1060. The molecule has 1 amide bonds. The molecular formula is C23H32N4O4S. The minimum Gasteiger partial charge on any atom is -0.355 e. The summed E-state index contributed by atoms with van der Waals surface area (Å²) in [5.74, 6) is -0.181. The van der Waals surface area contributed by atoms with E-state index < -0.39 is 10.0 Å². The van der Waals surface area contributed by atoms with Crippen LogP contribution in [0, 0.1) is 0 Å². The van der Waals surface area contributed by atoms with Gasteiger partial charge in [0.05, 0.1) is 10.3 Å². The van der Waals surface area contributed by atoms with Crippen molar-refractivity contribution >= 4 is 26.9 Å². The third-order valence-electron chi connectivity index (χ3n) is 7.29. The Balaban J connectivity index is 1.34. The Hall–Kier alpha value is -1.97. The largest absolute Gasteiger partial charge is 0.355 e. The van der Waals surface area contributed by atoms with Gasteiger partial charge in [-0.1, -0.05) is 24.4 Å². The molecule has 0 atom stereocenters. The van der Waals surface area contributed by atoms with Gasteiger partial charge >= 0.3 is 0 Å². The maximum Gasteiger partial charge on any atom is 0.276 e. The van der Waals surface area contributed by atoms with Crippen LogP contribution in [-0.2, 0) is 10.0 Å². The van der Waals surface area contributed by atoms with E-state index in [9.17, 15) is 13.2 Å². The lowest BCUT2D eigenvalue weighted by Gasteiger charge is -2.40. The summed E-state index contributed by atoms with van der Waals surface area (Å²) in [6.45, 7) is 3.96. The highest BCUT2D eigenvalue weighted by Gasteiger charge is 2.32. The van der Waals surface area contributed by atoms with Gasteiger partial charge in [0.1, 0.15) is 0 Å². The van der Waals surface area contributed by atoms with Crippen LogP contribution >= 0.6 is 0 Å². The van der Waals surface area contributed by atoms with Gasteiger partial charge in [-0.15, -0.1) is 0 Å². The highest BCUT2D eigenvalue weighted by molar-refractivity contribution is 7.89. The van der Waals surface area contributed by atoms with E-state index in [1.54, 1.807) is 27.4 Å². The van der Waals surface area contributed by atoms with Gasteiger partial charge in [0.25, 0.3) is 5.91 Å². The molecule has 0 radical (unpaired) electrons. The molecule has 174 valence electrons. The predicted molar refractivity (Wildman–Crippen MR) is 121 cm³/mol. The molecule has 2 saturated heterocycles. The zero-order valence-electron chi connectivity index (χ0n) is 18.5. The minimum absolute atomic E-state index is 0.181. The molecule has 1 saturated carbocycles. The standard InChI is InChI=1S/C23H32N4O4S/c28-23(26-11-5-2-6-12-26)22-20-17-19(9-10-21(20)31-24-22)32(29,30)27-15-13-25(14-16-27)18-7-3-1-4-8-18/h9-10,17-18H,1-8,11-16H2. The summed E-state index contributed by atoms with van der Waals surface area (Å²) in [4.78, 5) is 17.4. The van der Waals surface area contributed by atoms with Crippen molar-refractivity contribution in [3.05, 3.63) is 23.9 Å². The van der Waals surface area contributed by atoms with Crippen LogP contribution in [0.4, 0.5) is 0 Å². The molecule has 3 fully saturated rings. The third kappa shape index (κ3) is 4.18. The van der Waals surface area contributed by atoms with E-state index in [-0.39, 0.29) is 16.5 Å². The average Bonchev–Trinajstić information content (AvgIpc) is 3.28. The van der Waals surface area contributed by atoms with Gasteiger partial charge in [-0.05, 0) is 50.3 Å². The normalized spacial score (nSPS) is 22.4. The number of nitrogens with zero attached hydrogens (tertiary/aromatic N) is 4. The molecule has 1 aliphatic carbocycles. The Morgan fingerprint density at radius 3 is 2.31 bits per heavy atom. The van der Waals surface area contributed by atoms with E-state index in [1.165, 1.54) is 32.1 Å². The zero-order chi connectivity index (χ0) is 22.1. The van der Waals surface area contributed by atoms with Crippen molar-refractivity contribution in [2.75, 3.05) is 39.3 Å². The maximum atomic E-state index is 13.4. The van der Waals surface area contributed by atoms with E-state index in [0.29, 0.717) is 43.2 Å². The lowest BCUT2D eigenvalue weighted by molar-refractivity contribution is 0.0715. The fourth-order valence-electron chi connectivity index (χ4n) is 5.38. The van der Waals surface area contributed by atoms with Crippen LogP contribution < -0.4 is 0 Å². The number of sulfonamides is 1. The summed E-state index contributed by atoms with van der Waals surface area (Å²) in [5.41, 5.74) is 0.646. The molecule has 9 heteroatoms. The molecule has 0 spiro atoms. The van der Waals surface area contributed by atoms with Crippen LogP contribution in [0.3, 0.4) is 0 Å². The Morgan fingerprint density at radius 1 is 0.906 bits per heavy atom. The number of piperidine rings is 1. The van der Waals surface area contributed by atoms with E-state index in [0.717, 1.165) is 32.4 Å². The van der Waals surface area contributed by atoms with Crippen LogP contribution in [0.25, 0.3) is 11.0 Å². The summed E-state index contributed by atoms with van der Waals surface area (Å²) >= 11 is 0. The summed E-state index contributed by atoms with van der Waals surface area (Å²) in [6.07, 6.45) is 9.41. The van der Waals surface area contributed by atoms with Crippen molar-refractivity contribution in [2.24, 2.45) is 0 Å². The van der Waals surface area contributed by atoms with Crippen LogP contribution in [0.2, 0.25) is 0 Å². The fourth-order valence-corrected chi connectivity index (χ4v) is 6.83. The van der Waals surface area contributed by atoms with Crippen molar-refractivity contribution in [1.29, 1.82) is 0 Å². The molecule has 3 heterocycles. The first-order chi connectivity index (χ1) is 15.5. The summed E-state index contributed by atoms with van der Waals surface area (Å²) in [7, 11) is -3.64. The Kier molecular flexibility index (Phi) is 6.22. The van der Waals surface area contributed by atoms with Gasteiger partial charge in [-0.2, -0.15) is 4.31 Å². The van der Waals surface area contributed by atoms with Crippen LogP contribution in [-0.4, -0.2) is 78.9 Å². The molecule has 0 unspecified atom stereocenters. The number of carbonyl (C=O) groups excluding carboxylic acids is 1. The molecular weight excluding hydrogens is 428 g/mol. The van der Waals surface area contributed by atoms with Crippen molar-refractivity contribution in [2.45, 2.75) is 62.3 Å². The van der Waals surface area contributed by atoms with Crippen molar-refractivity contribution < 1.29 is 17.7 Å². The predicted octanol–water partition coefficient (Wildman–Crippen LogP) is 3.09. The van der Waals surface area contributed by atoms with E-state index >= 15 is 0 Å². The molecule has 32 heavy (non-hydrogen) atoms. The van der Waals surface area contributed by atoms with E-state index in [4.69, 9.17) is 4.52 Å². The summed E-state index contributed by atoms with van der Waals surface area (Å²) in [6, 6.07) is 5.34. The van der Waals surface area contributed by atoms with E-state index in [1.807, 2.05) is 0 Å². The number of hydrogen-bond donors (Lipinski definition) is 0. The number of carbonyl (C=O) groups is 1. The van der Waals surface area contributed by atoms with Crippen LogP contribution in [0.5, 0.6) is 0 Å². The first-order valence-corrected chi connectivity index (χ1v) is 13.4. The minimum atomic E-state index is -3.64. The number of benzene rings is 1. The quantitative estimate of drug-likeness (QED) is 0.697. The van der Waals surface area contributed by atoms with Gasteiger partial charge in [0.2, 0.25) is 10.0 Å². The second-order valence-corrected chi connectivity index (χ2v) is 11.2. The smallest absolute Gasteiger partial charge is 0.276 e. The molecule has 1 aromatic heterocycles. The second kappa shape index (κ2) is 9.11. The van der Waals surface area contributed by atoms with Crippen molar-refractivity contribution in [3.8, 4) is 0 Å². The monoisotopic (exact) mass is 460 g/mol. The van der Waals surface area contributed by atoms with Gasteiger partial charge < -0.3 is 9.42 Å². The van der Waals surface area contributed by atoms with Crippen LogP contribution in [0.15, 0.2) is 27.6 Å². The van der Waals surface area contributed by atoms with Gasteiger partial charge in [0, 0.05) is 45.3 Å². The van der Waals surface area contributed by atoms with Crippen molar-refractivity contribution in [1.82, 2.24) is 19.3 Å². The second-order valence-electron chi connectivity index (χ2n) is 9.27. The summed E-state index contributed by atoms with van der Waals surface area (Å²) in [5, 5.41) is 4.46. The molecule has 8 nitrogen and oxygen atoms in total. The number of rotatable bonds is 4. The molecule has 5 rings (SSSR count). The average molecular weight is 461 g/mol. The van der Waals surface area contributed by atoms with Crippen LogP contribution in [0.1, 0.15) is 61.9 Å². The molecule has 0 N–H and O–H groups in total. The SMILES string of the molecule is O=C(c1noc2ccc(S(=O)(=O)N3CCN(C4CCCCC4)CC3)cc12)N1CCCCC1. The number of amides is 1. The highest BCUT2D eigenvalue weighted by Crippen LogP contribution is 2.28. The third-order valence-corrected chi connectivity index (χ3v) is 9.18. The van der Waals surface area contributed by atoms with E-state index in [2.05, 4.69) is 10.1 Å². The number of piperazine rings is 1. The zero-order valence-corrected chi connectivity index (χ0v) is 19.4.